The van der Waals surface area contributed by atoms with Crippen molar-refractivity contribution in [1.29, 1.82) is 0 Å². The van der Waals surface area contributed by atoms with E-state index in [-0.39, 0.29) is 11.8 Å². The van der Waals surface area contributed by atoms with E-state index in [1.807, 2.05) is 13.8 Å². The standard InChI is InChI=1S/C13H26O3/c1-5-13(16,6-2)10-7-9(8(3)4)11(14)12(10)15/h8-12,14-16H,5-7H2,1-4H3/t9-,10-,11-,12+/m0/s1. The van der Waals surface area contributed by atoms with Crippen LogP contribution in [0, 0.1) is 17.8 Å². The van der Waals surface area contributed by atoms with E-state index in [0.29, 0.717) is 18.8 Å². The molecule has 0 saturated heterocycles. The molecule has 1 aliphatic rings. The first-order chi connectivity index (χ1) is 7.37. The Morgan fingerprint density at radius 1 is 1.12 bits per heavy atom. The second-order valence-corrected chi connectivity index (χ2v) is 5.54. The highest BCUT2D eigenvalue weighted by atomic mass is 16.3. The molecule has 0 radical (unpaired) electrons. The summed E-state index contributed by atoms with van der Waals surface area (Å²) in [4.78, 5) is 0. The zero-order valence-electron chi connectivity index (χ0n) is 10.8. The summed E-state index contributed by atoms with van der Waals surface area (Å²) in [5, 5.41) is 30.5. The maximum absolute atomic E-state index is 10.4. The van der Waals surface area contributed by atoms with E-state index in [9.17, 15) is 15.3 Å². The molecular formula is C13H26O3. The Labute approximate surface area is 98.5 Å². The first kappa shape index (κ1) is 13.9. The van der Waals surface area contributed by atoms with Crippen molar-refractivity contribution in [3.8, 4) is 0 Å². The zero-order chi connectivity index (χ0) is 12.5. The quantitative estimate of drug-likeness (QED) is 0.686. The largest absolute Gasteiger partial charge is 0.390 e. The summed E-state index contributed by atoms with van der Waals surface area (Å²) in [6.45, 7) is 7.98. The van der Waals surface area contributed by atoms with Crippen molar-refractivity contribution in [3.63, 3.8) is 0 Å². The van der Waals surface area contributed by atoms with Gasteiger partial charge in [0.1, 0.15) is 0 Å². The van der Waals surface area contributed by atoms with E-state index >= 15 is 0 Å². The smallest absolute Gasteiger partial charge is 0.0857 e. The Bertz CT molecular complexity index is 223. The highest BCUT2D eigenvalue weighted by Gasteiger charge is 2.50. The van der Waals surface area contributed by atoms with Crippen molar-refractivity contribution in [2.45, 2.75) is 64.8 Å². The van der Waals surface area contributed by atoms with Gasteiger partial charge in [0.25, 0.3) is 0 Å². The molecule has 0 spiro atoms. The molecule has 1 rings (SSSR count). The summed E-state index contributed by atoms with van der Waals surface area (Å²) >= 11 is 0. The van der Waals surface area contributed by atoms with Gasteiger partial charge in [0.15, 0.2) is 0 Å². The molecule has 3 heteroatoms. The second-order valence-electron chi connectivity index (χ2n) is 5.54. The molecule has 1 saturated carbocycles. The number of aliphatic hydroxyl groups excluding tert-OH is 2. The SMILES string of the molecule is CCC(O)(CC)[C@H]1C[C@@H](C(C)C)[C@H](O)[C@@H]1O. The molecule has 0 aromatic rings. The molecule has 16 heavy (non-hydrogen) atoms. The fraction of sp³-hybridized carbons (Fsp3) is 1.00. The van der Waals surface area contributed by atoms with E-state index in [4.69, 9.17) is 0 Å². The predicted octanol–water partition coefficient (Wildman–Crippen LogP) is 1.55. The lowest BCUT2D eigenvalue weighted by molar-refractivity contribution is -0.0855. The minimum atomic E-state index is -0.829. The van der Waals surface area contributed by atoms with E-state index in [0.717, 1.165) is 6.42 Å². The monoisotopic (exact) mass is 230 g/mol. The van der Waals surface area contributed by atoms with Gasteiger partial charge in [-0.1, -0.05) is 27.7 Å². The fourth-order valence-electron chi connectivity index (χ4n) is 3.04. The summed E-state index contributed by atoms with van der Waals surface area (Å²) in [6, 6.07) is 0. The first-order valence-corrected chi connectivity index (χ1v) is 6.45. The van der Waals surface area contributed by atoms with E-state index < -0.39 is 17.8 Å². The highest BCUT2D eigenvalue weighted by molar-refractivity contribution is 5.00. The van der Waals surface area contributed by atoms with Crippen molar-refractivity contribution in [3.05, 3.63) is 0 Å². The molecule has 0 heterocycles. The average Bonchev–Trinajstić information content (AvgIpc) is 2.56. The molecule has 0 unspecified atom stereocenters. The summed E-state index contributed by atoms with van der Waals surface area (Å²) < 4.78 is 0. The molecule has 4 atom stereocenters. The van der Waals surface area contributed by atoms with Crippen molar-refractivity contribution in [1.82, 2.24) is 0 Å². The molecular weight excluding hydrogens is 204 g/mol. The summed E-state index contributed by atoms with van der Waals surface area (Å²) in [5.41, 5.74) is -0.829. The third-order valence-corrected chi connectivity index (χ3v) is 4.50. The number of hydrogen-bond acceptors (Lipinski definition) is 3. The third-order valence-electron chi connectivity index (χ3n) is 4.50. The van der Waals surface area contributed by atoms with Gasteiger partial charge in [0.2, 0.25) is 0 Å². The summed E-state index contributed by atoms with van der Waals surface area (Å²) in [6.07, 6.45) is 0.510. The Morgan fingerprint density at radius 2 is 1.62 bits per heavy atom. The van der Waals surface area contributed by atoms with Crippen molar-refractivity contribution in [2.24, 2.45) is 17.8 Å². The minimum absolute atomic E-state index is 0.102. The Hall–Kier alpha value is -0.120. The molecule has 0 amide bonds. The lowest BCUT2D eigenvalue weighted by Crippen LogP contribution is -2.43. The van der Waals surface area contributed by atoms with Gasteiger partial charge in [-0.15, -0.1) is 0 Å². The number of aliphatic hydroxyl groups is 3. The molecule has 1 fully saturated rings. The van der Waals surface area contributed by atoms with Gasteiger partial charge >= 0.3 is 0 Å². The van der Waals surface area contributed by atoms with Crippen LogP contribution in [0.5, 0.6) is 0 Å². The minimum Gasteiger partial charge on any atom is -0.390 e. The van der Waals surface area contributed by atoms with E-state index in [1.165, 1.54) is 0 Å². The topological polar surface area (TPSA) is 60.7 Å². The molecule has 3 nitrogen and oxygen atoms in total. The highest BCUT2D eigenvalue weighted by Crippen LogP contribution is 2.43. The maximum Gasteiger partial charge on any atom is 0.0857 e. The Balaban J connectivity index is 2.85. The Morgan fingerprint density at radius 3 is 1.94 bits per heavy atom. The molecule has 0 bridgehead atoms. The van der Waals surface area contributed by atoms with Crippen LogP contribution in [0.1, 0.15) is 47.0 Å². The van der Waals surface area contributed by atoms with Crippen LogP contribution in [0.15, 0.2) is 0 Å². The predicted molar refractivity (Wildman–Crippen MR) is 64.0 cm³/mol. The summed E-state index contributed by atoms with van der Waals surface area (Å²) in [5.74, 6) is 0.252. The maximum atomic E-state index is 10.4. The van der Waals surface area contributed by atoms with Crippen LogP contribution in [-0.4, -0.2) is 33.1 Å². The van der Waals surface area contributed by atoms with Crippen LogP contribution in [0.4, 0.5) is 0 Å². The van der Waals surface area contributed by atoms with Crippen molar-refractivity contribution >= 4 is 0 Å². The molecule has 3 N–H and O–H groups in total. The van der Waals surface area contributed by atoms with Gasteiger partial charge in [-0.05, 0) is 31.1 Å². The molecule has 0 aromatic carbocycles. The summed E-state index contributed by atoms with van der Waals surface area (Å²) in [7, 11) is 0. The lowest BCUT2D eigenvalue weighted by Gasteiger charge is -2.34. The molecule has 1 aliphatic carbocycles. The van der Waals surface area contributed by atoms with Gasteiger partial charge in [0.05, 0.1) is 17.8 Å². The molecule has 0 aliphatic heterocycles. The van der Waals surface area contributed by atoms with Gasteiger partial charge in [-0.3, -0.25) is 0 Å². The third kappa shape index (κ3) is 2.27. The zero-order valence-corrected chi connectivity index (χ0v) is 10.8. The molecule has 0 aromatic heterocycles. The van der Waals surface area contributed by atoms with Crippen LogP contribution in [0.3, 0.4) is 0 Å². The number of rotatable bonds is 4. The van der Waals surface area contributed by atoms with Crippen LogP contribution in [0.2, 0.25) is 0 Å². The van der Waals surface area contributed by atoms with Gasteiger partial charge in [-0.25, -0.2) is 0 Å². The van der Waals surface area contributed by atoms with Crippen LogP contribution in [-0.2, 0) is 0 Å². The Kier molecular flexibility index (Phi) is 4.38. The van der Waals surface area contributed by atoms with Crippen LogP contribution >= 0.6 is 0 Å². The second kappa shape index (κ2) is 5.03. The van der Waals surface area contributed by atoms with E-state index in [2.05, 4.69) is 13.8 Å². The van der Waals surface area contributed by atoms with Crippen molar-refractivity contribution < 1.29 is 15.3 Å². The van der Waals surface area contributed by atoms with Gasteiger partial charge < -0.3 is 15.3 Å². The van der Waals surface area contributed by atoms with Gasteiger partial charge in [-0.2, -0.15) is 0 Å². The van der Waals surface area contributed by atoms with Crippen LogP contribution in [0.25, 0.3) is 0 Å². The fourth-order valence-corrected chi connectivity index (χ4v) is 3.04. The number of hydrogen-bond donors (Lipinski definition) is 3. The first-order valence-electron chi connectivity index (χ1n) is 6.45. The van der Waals surface area contributed by atoms with Gasteiger partial charge in [0, 0.05) is 5.92 Å². The van der Waals surface area contributed by atoms with Crippen LogP contribution < -0.4 is 0 Å². The van der Waals surface area contributed by atoms with Crippen molar-refractivity contribution in [2.75, 3.05) is 0 Å². The lowest BCUT2D eigenvalue weighted by atomic mass is 9.79. The normalized spacial score (nSPS) is 36.0. The molecule has 96 valence electrons. The van der Waals surface area contributed by atoms with E-state index in [1.54, 1.807) is 0 Å². The average molecular weight is 230 g/mol.